The van der Waals surface area contributed by atoms with Crippen molar-refractivity contribution in [2.24, 2.45) is 0 Å². The smallest absolute Gasteiger partial charge is 0.339 e. The Morgan fingerprint density at radius 3 is 2.18 bits per heavy atom. The number of benzene rings is 2. The van der Waals surface area contributed by atoms with Gasteiger partial charge in [0.2, 0.25) is 11.6 Å². The third kappa shape index (κ3) is 3.90. The molecule has 0 aliphatic heterocycles. The van der Waals surface area contributed by atoms with Gasteiger partial charge in [-0.25, -0.2) is 4.79 Å². The highest BCUT2D eigenvalue weighted by atomic mass is 16.6. The molecule has 0 N–H and O–H groups in total. The predicted octanol–water partition coefficient (Wildman–Crippen LogP) is 3.68. The topological polar surface area (TPSA) is 92.9 Å². The van der Waals surface area contributed by atoms with E-state index in [2.05, 4.69) is 10.2 Å². The molecule has 3 aromatic rings. The van der Waals surface area contributed by atoms with Gasteiger partial charge in [0, 0.05) is 5.56 Å². The van der Waals surface area contributed by atoms with Gasteiger partial charge in [-0.05, 0) is 31.2 Å². The van der Waals surface area contributed by atoms with Gasteiger partial charge < -0.3 is 23.4 Å². The van der Waals surface area contributed by atoms with Gasteiger partial charge in [0.15, 0.2) is 17.6 Å². The molecule has 0 aliphatic carbocycles. The van der Waals surface area contributed by atoms with E-state index in [0.29, 0.717) is 23.1 Å². The molecule has 0 bridgehead atoms. The molecule has 0 aliphatic rings. The lowest BCUT2D eigenvalue weighted by Crippen LogP contribution is -2.10. The number of nitrogens with zero attached hydrogens (tertiary/aromatic N) is 2. The Balaban J connectivity index is 1.79. The third-order valence-electron chi connectivity index (χ3n) is 3.99. The first-order chi connectivity index (χ1) is 13.6. The van der Waals surface area contributed by atoms with E-state index < -0.39 is 12.1 Å². The van der Waals surface area contributed by atoms with Gasteiger partial charge in [-0.3, -0.25) is 0 Å². The van der Waals surface area contributed by atoms with E-state index in [4.69, 9.17) is 23.4 Å². The molecule has 1 atom stereocenters. The van der Waals surface area contributed by atoms with Gasteiger partial charge in [0.25, 0.3) is 5.89 Å². The SMILES string of the molecule is COc1cc(C(=O)O[C@@H](C)c2nnc(-c3ccccc3)o2)cc(OC)c1OC. The summed E-state index contributed by atoms with van der Waals surface area (Å²) in [4.78, 5) is 12.6. The summed E-state index contributed by atoms with van der Waals surface area (Å²) in [6.45, 7) is 1.65. The van der Waals surface area contributed by atoms with Crippen molar-refractivity contribution in [2.75, 3.05) is 21.3 Å². The van der Waals surface area contributed by atoms with Crippen LogP contribution in [0.4, 0.5) is 0 Å². The van der Waals surface area contributed by atoms with Crippen molar-refractivity contribution in [1.82, 2.24) is 10.2 Å². The minimum Gasteiger partial charge on any atom is -0.493 e. The molecule has 0 spiro atoms. The van der Waals surface area contributed by atoms with Crippen molar-refractivity contribution in [2.45, 2.75) is 13.0 Å². The Labute approximate surface area is 162 Å². The molecule has 1 aromatic heterocycles. The van der Waals surface area contributed by atoms with Crippen molar-refractivity contribution in [3.63, 3.8) is 0 Å². The molecule has 3 rings (SSSR count). The number of aromatic nitrogens is 2. The molecule has 0 unspecified atom stereocenters. The van der Waals surface area contributed by atoms with E-state index in [-0.39, 0.29) is 11.5 Å². The van der Waals surface area contributed by atoms with E-state index >= 15 is 0 Å². The maximum absolute atomic E-state index is 12.6. The summed E-state index contributed by atoms with van der Waals surface area (Å²) in [5.41, 5.74) is 1.02. The monoisotopic (exact) mass is 384 g/mol. The van der Waals surface area contributed by atoms with Crippen LogP contribution in [0.2, 0.25) is 0 Å². The highest BCUT2D eigenvalue weighted by Crippen LogP contribution is 2.38. The summed E-state index contributed by atoms with van der Waals surface area (Å²) < 4.78 is 26.9. The van der Waals surface area contributed by atoms with Crippen LogP contribution in [0.15, 0.2) is 46.9 Å². The molecule has 146 valence electrons. The number of ether oxygens (including phenoxy) is 4. The van der Waals surface area contributed by atoms with Gasteiger partial charge in [0.1, 0.15) is 0 Å². The van der Waals surface area contributed by atoms with E-state index in [1.807, 2.05) is 30.3 Å². The van der Waals surface area contributed by atoms with Crippen LogP contribution in [-0.2, 0) is 4.74 Å². The van der Waals surface area contributed by atoms with E-state index in [1.165, 1.54) is 33.5 Å². The van der Waals surface area contributed by atoms with Crippen LogP contribution in [0.5, 0.6) is 17.2 Å². The molecular weight excluding hydrogens is 364 g/mol. The number of esters is 1. The van der Waals surface area contributed by atoms with E-state index in [0.717, 1.165) is 5.56 Å². The Hall–Kier alpha value is -3.55. The number of carbonyl (C=O) groups is 1. The van der Waals surface area contributed by atoms with E-state index in [9.17, 15) is 4.79 Å². The van der Waals surface area contributed by atoms with Gasteiger partial charge in [-0.2, -0.15) is 0 Å². The largest absolute Gasteiger partial charge is 0.493 e. The second-order valence-electron chi connectivity index (χ2n) is 5.77. The standard InChI is InChI=1S/C20H20N2O6/c1-12(18-21-22-19(28-18)13-8-6-5-7-9-13)27-20(23)14-10-15(24-2)17(26-4)16(11-14)25-3/h5-12H,1-4H3/t12-/m0/s1. The zero-order valence-corrected chi connectivity index (χ0v) is 16.0. The Bertz CT molecular complexity index is 929. The molecule has 0 saturated carbocycles. The number of methoxy groups -OCH3 is 3. The average Bonchev–Trinajstić information content (AvgIpc) is 3.23. The molecule has 0 fully saturated rings. The third-order valence-corrected chi connectivity index (χ3v) is 3.99. The predicted molar refractivity (Wildman–Crippen MR) is 99.7 cm³/mol. The van der Waals surface area contributed by atoms with Gasteiger partial charge in [0.05, 0.1) is 26.9 Å². The maximum atomic E-state index is 12.6. The van der Waals surface area contributed by atoms with Crippen molar-refractivity contribution < 1.29 is 28.2 Å². The zero-order chi connectivity index (χ0) is 20.1. The van der Waals surface area contributed by atoms with Crippen LogP contribution in [0, 0.1) is 0 Å². The lowest BCUT2D eigenvalue weighted by molar-refractivity contribution is 0.0279. The summed E-state index contributed by atoms with van der Waals surface area (Å²) in [5, 5.41) is 7.97. The molecule has 0 amide bonds. The summed E-state index contributed by atoms with van der Waals surface area (Å²) in [7, 11) is 4.43. The summed E-state index contributed by atoms with van der Waals surface area (Å²) in [6.07, 6.45) is -0.739. The molecular formula is C20H20N2O6. The van der Waals surface area contributed by atoms with Crippen LogP contribution in [0.3, 0.4) is 0 Å². The molecule has 0 saturated heterocycles. The minimum atomic E-state index is -0.739. The average molecular weight is 384 g/mol. The lowest BCUT2D eigenvalue weighted by atomic mass is 10.2. The second-order valence-corrected chi connectivity index (χ2v) is 5.77. The zero-order valence-electron chi connectivity index (χ0n) is 16.0. The van der Waals surface area contributed by atoms with Crippen molar-refractivity contribution in [3.8, 4) is 28.7 Å². The fourth-order valence-electron chi connectivity index (χ4n) is 2.57. The highest BCUT2D eigenvalue weighted by Gasteiger charge is 2.23. The Kier molecular flexibility index (Phi) is 5.78. The van der Waals surface area contributed by atoms with Crippen LogP contribution in [-0.4, -0.2) is 37.5 Å². The normalized spacial score (nSPS) is 11.6. The molecule has 28 heavy (non-hydrogen) atoms. The Morgan fingerprint density at radius 2 is 1.61 bits per heavy atom. The molecule has 0 radical (unpaired) electrons. The van der Waals surface area contributed by atoms with Crippen LogP contribution in [0.25, 0.3) is 11.5 Å². The minimum absolute atomic E-state index is 0.194. The van der Waals surface area contributed by atoms with Crippen LogP contribution in [0.1, 0.15) is 29.3 Å². The number of rotatable bonds is 7. The second kappa shape index (κ2) is 8.43. The summed E-state index contributed by atoms with van der Waals surface area (Å²) in [5.74, 6) is 1.05. The van der Waals surface area contributed by atoms with Gasteiger partial charge >= 0.3 is 5.97 Å². The first-order valence-corrected chi connectivity index (χ1v) is 8.47. The molecule has 2 aromatic carbocycles. The van der Waals surface area contributed by atoms with Gasteiger partial charge in [-0.1, -0.05) is 18.2 Å². The number of carbonyl (C=O) groups excluding carboxylic acids is 1. The highest BCUT2D eigenvalue weighted by molar-refractivity contribution is 5.91. The number of hydrogen-bond acceptors (Lipinski definition) is 8. The van der Waals surface area contributed by atoms with Crippen LogP contribution >= 0.6 is 0 Å². The van der Waals surface area contributed by atoms with E-state index in [1.54, 1.807) is 6.92 Å². The first-order valence-electron chi connectivity index (χ1n) is 8.47. The van der Waals surface area contributed by atoms with Crippen molar-refractivity contribution >= 4 is 5.97 Å². The fourth-order valence-corrected chi connectivity index (χ4v) is 2.57. The molecule has 1 heterocycles. The molecule has 8 heteroatoms. The van der Waals surface area contributed by atoms with Crippen LogP contribution < -0.4 is 14.2 Å². The lowest BCUT2D eigenvalue weighted by Gasteiger charge is -2.14. The van der Waals surface area contributed by atoms with Crippen molar-refractivity contribution in [3.05, 3.63) is 53.9 Å². The quantitative estimate of drug-likeness (QED) is 0.570. The first kappa shape index (κ1) is 19.2. The summed E-state index contributed by atoms with van der Waals surface area (Å²) in [6, 6.07) is 12.4. The number of hydrogen-bond donors (Lipinski definition) is 0. The van der Waals surface area contributed by atoms with Gasteiger partial charge in [-0.15, -0.1) is 10.2 Å². The Morgan fingerprint density at radius 1 is 0.964 bits per heavy atom. The maximum Gasteiger partial charge on any atom is 0.339 e. The summed E-state index contributed by atoms with van der Waals surface area (Å²) >= 11 is 0. The fraction of sp³-hybridized carbons (Fsp3) is 0.250. The van der Waals surface area contributed by atoms with Crippen molar-refractivity contribution in [1.29, 1.82) is 0 Å². The molecule has 8 nitrogen and oxygen atoms in total.